The number of hydrogen-bond acceptors (Lipinski definition) is 1. The molecule has 1 aromatic rings. The largest absolute Gasteiger partial charge is 0.398 e. The fraction of sp³-hybridized carbons (Fsp3) is 0.250. The summed E-state index contributed by atoms with van der Waals surface area (Å²) in [5.74, 6) is 0. The van der Waals surface area contributed by atoms with E-state index in [1.807, 2.05) is 0 Å². The Morgan fingerprint density at radius 1 is 1.67 bits per heavy atom. The van der Waals surface area contributed by atoms with Gasteiger partial charge in [0.05, 0.1) is 4.11 Å². The van der Waals surface area contributed by atoms with Crippen LogP contribution in [0.4, 0.5) is 5.69 Å². The van der Waals surface area contributed by atoms with Crippen LogP contribution in [0.2, 0.25) is 2.82 Å². The molecule has 1 heteroatoms. The van der Waals surface area contributed by atoms with Gasteiger partial charge in [0.1, 0.15) is 0 Å². The second kappa shape index (κ2) is 2.09. The van der Waals surface area contributed by atoms with Crippen LogP contribution in [-0.4, -0.2) is 0 Å². The van der Waals surface area contributed by atoms with Crippen molar-refractivity contribution in [3.05, 3.63) is 29.3 Å². The topological polar surface area (TPSA) is 26.0 Å². The lowest BCUT2D eigenvalue weighted by Gasteiger charge is -2.00. The highest BCUT2D eigenvalue weighted by Gasteiger charge is 1.92. The fourth-order valence-corrected chi connectivity index (χ4v) is 0.513. The van der Waals surface area contributed by atoms with Gasteiger partial charge in [-0.1, -0.05) is 18.1 Å². The Kier molecular flexibility index (Phi) is 0.408. The van der Waals surface area contributed by atoms with Gasteiger partial charge >= 0.3 is 0 Å². The molecule has 0 aliphatic rings. The first-order valence-electron chi connectivity index (χ1n) is 6.06. The van der Waals surface area contributed by atoms with Crippen molar-refractivity contribution in [1.29, 1.82) is 0 Å². The molecule has 0 bridgehead atoms. The van der Waals surface area contributed by atoms with Crippen LogP contribution in [-0.2, 0) is 0 Å². The number of rotatable bonds is 1. The third kappa shape index (κ3) is 1.04. The van der Waals surface area contributed by atoms with E-state index in [0.29, 0.717) is 0 Å². The van der Waals surface area contributed by atoms with E-state index in [1.54, 1.807) is 0 Å². The summed E-state index contributed by atoms with van der Waals surface area (Å²) in [5.41, 5.74) is 0.0611. The first-order valence-corrected chi connectivity index (χ1v) is 2.51. The third-order valence-electron chi connectivity index (χ3n) is 1.06. The molecule has 0 aliphatic carbocycles. The van der Waals surface area contributed by atoms with Crippen molar-refractivity contribution >= 4 is 5.69 Å². The summed E-state index contributed by atoms with van der Waals surface area (Å²) in [6.07, 6.45) is 0. The first-order chi connectivity index (χ1) is 7.29. The zero-order valence-corrected chi connectivity index (χ0v) is 5.02. The highest BCUT2D eigenvalue weighted by atomic mass is 14.6. The third-order valence-corrected chi connectivity index (χ3v) is 1.06. The Labute approximate surface area is 65.5 Å². The van der Waals surface area contributed by atoms with Gasteiger partial charge < -0.3 is 5.72 Å². The minimum atomic E-state index is -1.55. The van der Waals surface area contributed by atoms with Crippen LogP contribution in [0.25, 0.3) is 0 Å². The second-order valence-corrected chi connectivity index (χ2v) is 1.76. The first kappa shape index (κ1) is 1.75. The van der Waals surface area contributed by atoms with E-state index >= 15 is 0 Å². The molecule has 0 unspecified atom stereocenters. The molecule has 0 amide bonds. The molecule has 0 saturated carbocycles. The average Bonchev–Trinajstić information content (AvgIpc) is 2.18. The highest BCUT2D eigenvalue weighted by Crippen LogP contribution is 2.13. The monoisotopic (exact) mass is 128 g/mol. The van der Waals surface area contributed by atoms with Gasteiger partial charge in [0.15, 0.2) is 2.82 Å². The van der Waals surface area contributed by atoms with E-state index in [4.69, 9.17) is 9.68 Å². The van der Waals surface area contributed by atoms with Crippen LogP contribution in [0.15, 0.2) is 18.1 Å². The number of benzene rings is 1. The van der Waals surface area contributed by atoms with Crippen LogP contribution in [0.5, 0.6) is 0 Å². The molecule has 1 nitrogen and oxygen atoms in total. The van der Waals surface area contributed by atoms with Gasteiger partial charge in [-0.05, 0) is 24.9 Å². The Hall–Kier alpha value is -0.980. The van der Waals surface area contributed by atoms with E-state index < -0.39 is 12.9 Å². The maximum absolute atomic E-state index is 7.56. The SMILES string of the molecule is [2H]c1c([2H])c(C)c(N([2H])[2H])c(C([2H])[2H])c1[2H]. The van der Waals surface area contributed by atoms with Crippen LogP contribution in [0.3, 0.4) is 0 Å². The van der Waals surface area contributed by atoms with Crippen molar-refractivity contribution in [3.63, 3.8) is 0 Å². The van der Waals surface area contributed by atoms with Crippen molar-refractivity contribution in [3.8, 4) is 0 Å². The van der Waals surface area contributed by atoms with E-state index in [9.17, 15) is 0 Å². The van der Waals surface area contributed by atoms with Crippen molar-refractivity contribution in [2.45, 2.75) is 13.8 Å². The summed E-state index contributed by atoms with van der Waals surface area (Å²) in [6.45, 7) is -0.110. The Morgan fingerprint density at radius 3 is 3.11 bits per heavy atom. The minimum Gasteiger partial charge on any atom is -0.398 e. The van der Waals surface area contributed by atoms with Crippen molar-refractivity contribution in [1.82, 2.24) is 0 Å². The molecule has 1 rings (SSSR count). The predicted molar refractivity (Wildman–Crippen MR) is 40.3 cm³/mol. The highest BCUT2D eigenvalue weighted by molar-refractivity contribution is 5.52. The molecule has 0 heterocycles. The van der Waals surface area contributed by atoms with Gasteiger partial charge in [0, 0.05) is 8.43 Å². The molecule has 0 radical (unpaired) electrons. The lowest BCUT2D eigenvalue weighted by atomic mass is 10.1. The van der Waals surface area contributed by atoms with Gasteiger partial charge in [0.25, 0.3) is 0 Å². The van der Waals surface area contributed by atoms with Crippen molar-refractivity contribution in [2.24, 2.45) is 0 Å². The molecular weight excluding hydrogens is 110 g/mol. The van der Waals surface area contributed by atoms with Crippen LogP contribution in [0, 0.1) is 13.8 Å². The van der Waals surface area contributed by atoms with Crippen molar-refractivity contribution < 1.29 is 9.68 Å². The van der Waals surface area contributed by atoms with Crippen molar-refractivity contribution in [2.75, 3.05) is 5.72 Å². The van der Waals surface area contributed by atoms with E-state index in [-0.39, 0.29) is 34.6 Å². The quantitative estimate of drug-likeness (QED) is 0.574. The summed E-state index contributed by atoms with van der Waals surface area (Å²) >= 11 is 0. The summed E-state index contributed by atoms with van der Waals surface area (Å²) in [7, 11) is 0. The number of nitrogen functional groups attached to an aromatic ring is 1. The van der Waals surface area contributed by atoms with Gasteiger partial charge in [0.2, 0.25) is 0 Å². The van der Waals surface area contributed by atoms with E-state index in [2.05, 4.69) is 0 Å². The Bertz CT molecular complexity index is 377. The number of para-hydroxylation sites is 1. The zero-order valence-electron chi connectivity index (χ0n) is 12.0. The molecule has 0 aliphatic heterocycles. The summed E-state index contributed by atoms with van der Waals surface area (Å²) in [4.78, 5) is 0. The van der Waals surface area contributed by atoms with E-state index in [0.717, 1.165) is 0 Å². The van der Waals surface area contributed by atoms with Gasteiger partial charge in [-0.2, -0.15) is 0 Å². The van der Waals surface area contributed by atoms with Gasteiger partial charge in [-0.3, -0.25) is 0 Å². The summed E-state index contributed by atoms with van der Waals surface area (Å²) in [6, 6.07) is -1.04. The standard InChI is InChI=1S/C8H11N/c1-6-4-3-5-7(2)8(6)9/h3-5H,9H2,1-2H3/i1D2,3D,4D,5D/hD2. The predicted octanol–water partition coefficient (Wildman–Crippen LogP) is 1.89. The van der Waals surface area contributed by atoms with Crippen LogP contribution < -0.4 is 5.72 Å². The molecule has 0 fully saturated rings. The maximum Gasteiger partial charge on any atom is 0.156 e. The molecule has 0 spiro atoms. The van der Waals surface area contributed by atoms with E-state index in [1.165, 1.54) is 6.92 Å². The van der Waals surface area contributed by atoms with Gasteiger partial charge in [-0.15, -0.1) is 0 Å². The molecular formula is C8H11N. The Balaban J connectivity index is 3.69. The molecule has 0 atom stereocenters. The zero-order chi connectivity index (χ0) is 12.6. The number of hydrogen-bond donors (Lipinski definition) is 1. The molecule has 0 aromatic heterocycles. The summed E-state index contributed by atoms with van der Waals surface area (Å²) in [5, 5.41) is 0. The fourth-order valence-electron chi connectivity index (χ4n) is 0.513. The smallest absolute Gasteiger partial charge is 0.156 e. The van der Waals surface area contributed by atoms with Crippen LogP contribution >= 0.6 is 0 Å². The lowest BCUT2D eigenvalue weighted by Crippen LogP contribution is -1.91. The minimum absolute atomic E-state index is 0.124. The second-order valence-electron chi connectivity index (χ2n) is 1.76. The molecule has 48 valence electrons. The number of anilines is 1. The summed E-state index contributed by atoms with van der Waals surface area (Å²) < 4.78 is 51.4. The normalized spacial score (nSPS) is 20.4. The average molecular weight is 128 g/mol. The lowest BCUT2D eigenvalue weighted by molar-refractivity contribution is 1.39. The maximum atomic E-state index is 7.56. The number of nitrogens with two attached hydrogens (primary N) is 1. The molecule has 0 saturated heterocycles. The molecule has 9 heavy (non-hydrogen) atoms. The van der Waals surface area contributed by atoms with Crippen LogP contribution in [0.1, 0.15) is 18.0 Å². The van der Waals surface area contributed by atoms with Gasteiger partial charge in [-0.25, -0.2) is 0 Å². The Morgan fingerprint density at radius 2 is 2.44 bits per heavy atom. The molecule has 2 N–H and O–H groups in total. The molecule has 1 aromatic carbocycles.